The second-order valence-corrected chi connectivity index (χ2v) is 7.13. The van der Waals surface area contributed by atoms with E-state index in [1.807, 2.05) is 36.4 Å². The molecule has 3 aromatic rings. The summed E-state index contributed by atoms with van der Waals surface area (Å²) in [6.45, 7) is 1.47. The minimum Gasteiger partial charge on any atom is -0.497 e. The zero-order valence-corrected chi connectivity index (χ0v) is 17.5. The lowest BCUT2D eigenvalue weighted by molar-refractivity contribution is -0.385. The first-order valence-corrected chi connectivity index (χ1v) is 9.51. The molecule has 0 aliphatic rings. The number of nitrogens with zero attached hydrogens (tertiary/aromatic N) is 2. The number of carbonyl (C=O) groups excluding carboxylic acids is 2. The van der Waals surface area contributed by atoms with Crippen LogP contribution in [0.5, 0.6) is 5.75 Å². The molecule has 3 rings (SSSR count). The Hall–Kier alpha value is -3.94. The molecule has 0 heterocycles. The normalized spacial score (nSPS) is 10.5. The Bertz CT molecular complexity index is 1160. The lowest BCUT2D eigenvalue weighted by Crippen LogP contribution is -2.30. The maximum Gasteiger partial charge on any atom is 0.338 e. The van der Waals surface area contributed by atoms with Gasteiger partial charge in [-0.05, 0) is 53.6 Å². The zero-order valence-electron chi connectivity index (χ0n) is 17.5. The molecule has 8 nitrogen and oxygen atoms in total. The first kappa shape index (κ1) is 21.8. The summed E-state index contributed by atoms with van der Waals surface area (Å²) in [5.74, 6) is -0.293. The van der Waals surface area contributed by atoms with Gasteiger partial charge < -0.3 is 14.4 Å². The summed E-state index contributed by atoms with van der Waals surface area (Å²) in [5.41, 5.74) is 1.35. The van der Waals surface area contributed by atoms with Crippen molar-refractivity contribution in [3.63, 3.8) is 0 Å². The van der Waals surface area contributed by atoms with Gasteiger partial charge in [0.25, 0.3) is 11.6 Å². The molecule has 0 aliphatic carbocycles. The van der Waals surface area contributed by atoms with Crippen molar-refractivity contribution in [3.05, 3.63) is 81.4 Å². The number of esters is 1. The van der Waals surface area contributed by atoms with Gasteiger partial charge in [0.2, 0.25) is 0 Å². The fraction of sp³-hybridized carbons (Fsp3) is 0.217. The summed E-state index contributed by atoms with van der Waals surface area (Å²) in [4.78, 5) is 36.4. The van der Waals surface area contributed by atoms with E-state index in [4.69, 9.17) is 9.47 Å². The van der Waals surface area contributed by atoms with Crippen LogP contribution < -0.4 is 4.74 Å². The third-order valence-electron chi connectivity index (χ3n) is 4.91. The van der Waals surface area contributed by atoms with E-state index in [0.717, 1.165) is 22.1 Å². The molecule has 0 aromatic heterocycles. The molecule has 160 valence electrons. The van der Waals surface area contributed by atoms with E-state index in [9.17, 15) is 19.7 Å². The van der Waals surface area contributed by atoms with Gasteiger partial charge in [-0.3, -0.25) is 14.9 Å². The molecule has 0 aliphatic heterocycles. The van der Waals surface area contributed by atoms with Crippen molar-refractivity contribution in [1.82, 2.24) is 4.90 Å². The maximum atomic E-state index is 12.4. The molecule has 0 fully saturated rings. The SMILES string of the molecule is COc1ccc2cc(CN(C)C(=O)COC(=O)c3ccc([N+](=O)[O-])c(C)c3)ccc2c1. The van der Waals surface area contributed by atoms with Crippen LogP contribution in [0.15, 0.2) is 54.6 Å². The number of hydrogen-bond donors (Lipinski definition) is 0. The number of likely N-dealkylation sites (N-methyl/N-ethyl adjacent to an activating group) is 1. The predicted molar refractivity (Wildman–Crippen MR) is 115 cm³/mol. The molecule has 0 bridgehead atoms. The molecule has 3 aromatic carbocycles. The van der Waals surface area contributed by atoms with E-state index >= 15 is 0 Å². The second kappa shape index (κ2) is 9.25. The largest absolute Gasteiger partial charge is 0.497 e. The van der Waals surface area contributed by atoms with Gasteiger partial charge in [0, 0.05) is 25.2 Å². The highest BCUT2D eigenvalue weighted by Gasteiger charge is 2.17. The highest BCUT2D eigenvalue weighted by atomic mass is 16.6. The van der Waals surface area contributed by atoms with E-state index < -0.39 is 17.5 Å². The molecule has 0 spiro atoms. The zero-order chi connectivity index (χ0) is 22.5. The van der Waals surface area contributed by atoms with E-state index in [1.165, 1.54) is 30.0 Å². The van der Waals surface area contributed by atoms with Crippen LogP contribution >= 0.6 is 0 Å². The standard InChI is InChI=1S/C23H22N2O6/c1-15-10-19(7-9-21(15)25(28)29)23(27)31-14-22(26)24(2)13-16-4-5-18-12-20(30-3)8-6-17(18)11-16/h4-12H,13-14H2,1-3H3. The van der Waals surface area contributed by atoms with Crippen LogP contribution in [0.4, 0.5) is 5.69 Å². The number of aryl methyl sites for hydroxylation is 1. The average Bonchev–Trinajstić information content (AvgIpc) is 2.76. The third kappa shape index (κ3) is 5.16. The van der Waals surface area contributed by atoms with E-state index in [0.29, 0.717) is 12.1 Å². The number of fused-ring (bicyclic) bond motifs is 1. The highest BCUT2D eigenvalue weighted by molar-refractivity contribution is 5.92. The molecule has 1 amide bonds. The Morgan fingerprint density at radius 3 is 2.42 bits per heavy atom. The van der Waals surface area contributed by atoms with Gasteiger partial charge in [-0.25, -0.2) is 4.79 Å². The Kier molecular flexibility index (Phi) is 6.49. The van der Waals surface area contributed by atoms with Crippen molar-refractivity contribution in [2.75, 3.05) is 20.8 Å². The van der Waals surface area contributed by atoms with Crippen molar-refractivity contribution in [3.8, 4) is 5.75 Å². The molecule has 0 N–H and O–H groups in total. The molecular formula is C23H22N2O6. The van der Waals surface area contributed by atoms with Crippen LogP contribution in [0, 0.1) is 17.0 Å². The van der Waals surface area contributed by atoms with Gasteiger partial charge in [0.1, 0.15) is 5.75 Å². The smallest absolute Gasteiger partial charge is 0.338 e. The average molecular weight is 422 g/mol. The van der Waals surface area contributed by atoms with Crippen molar-refractivity contribution in [1.29, 1.82) is 0 Å². The van der Waals surface area contributed by atoms with E-state index in [2.05, 4.69) is 0 Å². The third-order valence-corrected chi connectivity index (χ3v) is 4.91. The van der Waals surface area contributed by atoms with E-state index in [1.54, 1.807) is 14.2 Å². The molecular weight excluding hydrogens is 400 g/mol. The molecule has 31 heavy (non-hydrogen) atoms. The second-order valence-electron chi connectivity index (χ2n) is 7.13. The first-order valence-electron chi connectivity index (χ1n) is 9.51. The summed E-state index contributed by atoms with van der Waals surface area (Å²) in [7, 11) is 3.25. The van der Waals surface area contributed by atoms with Crippen molar-refractivity contribution in [2.45, 2.75) is 13.5 Å². The van der Waals surface area contributed by atoms with Gasteiger partial charge in [0.15, 0.2) is 6.61 Å². The molecule has 0 saturated carbocycles. The van der Waals surface area contributed by atoms with E-state index in [-0.39, 0.29) is 17.2 Å². The maximum absolute atomic E-state index is 12.4. The number of ether oxygens (including phenoxy) is 2. The topological polar surface area (TPSA) is 99.0 Å². The number of nitro groups is 1. The molecule has 0 saturated heterocycles. The van der Waals surface area contributed by atoms with Gasteiger partial charge in [-0.15, -0.1) is 0 Å². The first-order chi connectivity index (χ1) is 14.8. The number of benzene rings is 3. The summed E-state index contributed by atoms with van der Waals surface area (Å²) >= 11 is 0. The Morgan fingerprint density at radius 2 is 1.74 bits per heavy atom. The number of nitro benzene ring substituents is 1. The fourth-order valence-corrected chi connectivity index (χ4v) is 3.17. The van der Waals surface area contributed by atoms with Gasteiger partial charge in [-0.1, -0.05) is 18.2 Å². The summed E-state index contributed by atoms with van der Waals surface area (Å²) in [6.07, 6.45) is 0. The van der Waals surface area contributed by atoms with Crippen LogP contribution in [0.3, 0.4) is 0 Å². The van der Waals surface area contributed by atoms with Crippen LogP contribution in [-0.2, 0) is 16.1 Å². The predicted octanol–water partition coefficient (Wildman–Crippen LogP) is 3.88. The summed E-state index contributed by atoms with van der Waals surface area (Å²) < 4.78 is 10.3. The summed E-state index contributed by atoms with van der Waals surface area (Å²) in [5, 5.41) is 12.9. The molecule has 0 unspecified atom stereocenters. The number of methoxy groups -OCH3 is 1. The number of carbonyl (C=O) groups is 2. The van der Waals surface area contributed by atoms with Crippen molar-refractivity contribution in [2.24, 2.45) is 0 Å². The quantitative estimate of drug-likeness (QED) is 0.325. The van der Waals surface area contributed by atoms with Crippen LogP contribution in [-0.4, -0.2) is 42.5 Å². The summed E-state index contributed by atoms with van der Waals surface area (Å²) in [6, 6.07) is 15.6. The Labute approximate surface area is 179 Å². The number of rotatable bonds is 7. The monoisotopic (exact) mass is 422 g/mol. The Morgan fingerprint density at radius 1 is 1.03 bits per heavy atom. The minimum atomic E-state index is -0.709. The minimum absolute atomic E-state index is 0.0822. The number of hydrogen-bond acceptors (Lipinski definition) is 6. The molecule has 0 radical (unpaired) electrons. The van der Waals surface area contributed by atoms with Crippen molar-refractivity contribution < 1.29 is 24.0 Å². The van der Waals surface area contributed by atoms with Gasteiger partial charge in [-0.2, -0.15) is 0 Å². The highest BCUT2D eigenvalue weighted by Crippen LogP contribution is 2.22. The van der Waals surface area contributed by atoms with Gasteiger partial charge >= 0.3 is 5.97 Å². The van der Waals surface area contributed by atoms with Crippen LogP contribution in [0.25, 0.3) is 10.8 Å². The number of amides is 1. The fourth-order valence-electron chi connectivity index (χ4n) is 3.17. The molecule has 8 heteroatoms. The lowest BCUT2D eigenvalue weighted by Gasteiger charge is -2.17. The Balaban J connectivity index is 1.59. The van der Waals surface area contributed by atoms with Gasteiger partial charge in [0.05, 0.1) is 17.6 Å². The van der Waals surface area contributed by atoms with Crippen LogP contribution in [0.1, 0.15) is 21.5 Å². The van der Waals surface area contributed by atoms with Crippen molar-refractivity contribution >= 4 is 28.3 Å². The van der Waals surface area contributed by atoms with Crippen LogP contribution in [0.2, 0.25) is 0 Å². The molecule has 0 atom stereocenters. The lowest BCUT2D eigenvalue weighted by atomic mass is 10.1.